The molecule has 5 rings (SSSR count). The zero-order chi connectivity index (χ0) is 45.1. The van der Waals surface area contributed by atoms with Crippen molar-refractivity contribution in [1.29, 1.82) is 0 Å². The number of hydrogen-bond donors (Lipinski definition) is 4. The van der Waals surface area contributed by atoms with E-state index in [4.69, 9.17) is 45.4 Å². The van der Waals surface area contributed by atoms with Crippen LogP contribution in [0.25, 0.3) is 0 Å². The first kappa shape index (κ1) is 48.0. The maximum absolute atomic E-state index is 12.3. The number of aliphatic hydroxyl groups excluding tert-OH is 2. The molecular weight excluding hydrogens is 825 g/mol. The lowest BCUT2D eigenvalue weighted by atomic mass is 9.90. The summed E-state index contributed by atoms with van der Waals surface area (Å²) in [6, 6.07) is 21.8. The van der Waals surface area contributed by atoms with E-state index in [0.717, 1.165) is 36.1 Å². The molecule has 4 N–H and O–H groups in total. The third kappa shape index (κ3) is 13.5. The van der Waals surface area contributed by atoms with Crippen LogP contribution in [-0.4, -0.2) is 112 Å². The van der Waals surface area contributed by atoms with Crippen LogP contribution in [0.4, 0.5) is 0 Å². The minimum atomic E-state index is -1.29. The molecule has 0 aromatic heterocycles. The Bertz CT molecular complexity index is 2000. The average Bonchev–Trinajstić information content (AvgIpc) is 3.22. The van der Waals surface area contributed by atoms with Gasteiger partial charge in [0.1, 0.15) is 24.6 Å². The van der Waals surface area contributed by atoms with E-state index in [-0.39, 0.29) is 43.5 Å². The molecule has 0 saturated carbocycles. The van der Waals surface area contributed by atoms with Gasteiger partial charge >= 0.3 is 23.9 Å². The second-order valence-corrected chi connectivity index (χ2v) is 16.1. The van der Waals surface area contributed by atoms with Crippen molar-refractivity contribution in [1.82, 2.24) is 10.2 Å². The number of thiocarbonyl (C=S) groups is 1. The van der Waals surface area contributed by atoms with Crippen molar-refractivity contribution in [3.63, 3.8) is 0 Å². The van der Waals surface area contributed by atoms with Crippen LogP contribution in [0.5, 0.6) is 5.75 Å². The summed E-state index contributed by atoms with van der Waals surface area (Å²) in [7, 11) is 1.90. The van der Waals surface area contributed by atoms with E-state index < -0.39 is 66.8 Å². The van der Waals surface area contributed by atoms with Gasteiger partial charge in [0, 0.05) is 65.2 Å². The fourth-order valence-corrected chi connectivity index (χ4v) is 7.81. The van der Waals surface area contributed by atoms with Gasteiger partial charge in [-0.05, 0) is 41.4 Å². The minimum Gasteiger partial charge on any atom is -0.508 e. The predicted molar refractivity (Wildman–Crippen MR) is 226 cm³/mol. The average molecular weight is 881 g/mol. The third-order valence-electron chi connectivity index (χ3n) is 10.6. The number of phenols is 1. The highest BCUT2D eigenvalue weighted by Gasteiger charge is 2.52. The van der Waals surface area contributed by atoms with E-state index >= 15 is 0 Å². The lowest BCUT2D eigenvalue weighted by Crippen LogP contribution is -2.62. The summed E-state index contributed by atoms with van der Waals surface area (Å²) >= 11 is 5.70. The number of hydrogen-bond acceptors (Lipinski definition) is 16. The first-order chi connectivity index (χ1) is 29.5. The highest BCUT2D eigenvalue weighted by molar-refractivity contribution is 7.80. The number of carbonyl (C=O) groups excluding carboxylic acids is 4. The lowest BCUT2D eigenvalue weighted by molar-refractivity contribution is -0.276. The summed E-state index contributed by atoms with van der Waals surface area (Å²) in [5.41, 5.74) is 3.94. The molecule has 16 nitrogen and oxygen atoms in total. The molecule has 0 amide bonds. The van der Waals surface area contributed by atoms with Gasteiger partial charge in [-0.2, -0.15) is 0 Å². The Morgan fingerprint density at radius 3 is 1.97 bits per heavy atom. The molecule has 2 fully saturated rings. The summed E-state index contributed by atoms with van der Waals surface area (Å²) in [6.45, 7) is 7.41. The predicted octanol–water partition coefficient (Wildman–Crippen LogP) is 4.27. The number of benzene rings is 3. The molecule has 1 unspecified atom stereocenters. The van der Waals surface area contributed by atoms with E-state index in [2.05, 4.69) is 12.2 Å². The zero-order valence-corrected chi connectivity index (χ0v) is 36.4. The van der Waals surface area contributed by atoms with E-state index in [1.54, 1.807) is 24.3 Å². The van der Waals surface area contributed by atoms with Crippen LogP contribution in [-0.2, 0) is 65.5 Å². The van der Waals surface area contributed by atoms with Gasteiger partial charge in [-0.25, -0.2) is 0 Å². The number of esters is 4. The molecule has 336 valence electrons. The topological polar surface area (TPSA) is 209 Å². The summed E-state index contributed by atoms with van der Waals surface area (Å²) in [4.78, 5) is 50.6. The first-order valence-corrected chi connectivity index (χ1v) is 20.7. The Hall–Kier alpha value is -5.01. The largest absolute Gasteiger partial charge is 0.508 e. The van der Waals surface area contributed by atoms with Crippen molar-refractivity contribution in [3.05, 3.63) is 101 Å². The standard InChI is InChI=1S/C45H56N2O14S/c1-25-38(22-47(6)21-36(54)34-8-7-9-35(53)18-34)60-45(61-41(25)32-14-12-31(23-48)13-15-32)33-16-10-30(11-17-33)20-46-40(62)19-37-42(56-27(3)50)44(58-29(5)52)43(57-28(4)51)39(59-37)24-55-26(2)49/h7-18,25,36-39,41-45,48,53-54H,19-24H2,1-6H3,(H,46,62)/t25-,36+,37-,38+,39+,41+,42-,43+,44+,45?/m0/s1. The third-order valence-corrected chi connectivity index (χ3v) is 10.9. The van der Waals surface area contributed by atoms with Gasteiger partial charge in [0.25, 0.3) is 0 Å². The molecule has 0 aliphatic carbocycles. The van der Waals surface area contributed by atoms with Crippen LogP contribution in [0.1, 0.15) is 87.4 Å². The Morgan fingerprint density at radius 2 is 1.37 bits per heavy atom. The number of nitrogens with zero attached hydrogens (tertiary/aromatic N) is 1. The second kappa shape index (κ2) is 22.4. The molecule has 62 heavy (non-hydrogen) atoms. The summed E-state index contributed by atoms with van der Waals surface area (Å²) in [5.74, 6) is -2.78. The van der Waals surface area contributed by atoms with Crippen molar-refractivity contribution in [2.45, 2.75) is 109 Å². The van der Waals surface area contributed by atoms with Gasteiger partial charge in [0.15, 0.2) is 24.6 Å². The highest BCUT2D eigenvalue weighted by atomic mass is 32.1. The molecule has 17 heteroatoms. The van der Waals surface area contributed by atoms with Gasteiger partial charge in [0.2, 0.25) is 0 Å². The van der Waals surface area contributed by atoms with E-state index in [9.17, 15) is 34.5 Å². The Kier molecular flexibility index (Phi) is 17.3. The van der Waals surface area contributed by atoms with Gasteiger partial charge in [0.05, 0.1) is 29.9 Å². The maximum atomic E-state index is 12.3. The van der Waals surface area contributed by atoms with Crippen LogP contribution >= 0.6 is 12.2 Å². The monoisotopic (exact) mass is 880 g/mol. The van der Waals surface area contributed by atoms with Gasteiger partial charge in [-0.3, -0.25) is 19.2 Å². The molecular formula is C45H56N2O14S. The van der Waals surface area contributed by atoms with E-state index in [0.29, 0.717) is 30.2 Å². The SMILES string of the molecule is CC(=O)OC[C@H]1O[C@@H](CC(=S)NCc2ccc(C3O[C@H](CN(C)C[C@@H](O)c4cccc(O)c4)[C@H](C)[C@H](c4ccc(CO)cc4)O3)cc2)[C@H](OC(C)=O)[C@@H](OC(C)=O)[C@@H]1OC(C)=O. The normalized spacial score (nSPS) is 25.3. The van der Waals surface area contributed by atoms with Crippen molar-refractivity contribution in [2.24, 2.45) is 5.92 Å². The molecule has 2 heterocycles. The van der Waals surface area contributed by atoms with Crippen LogP contribution in [0.15, 0.2) is 72.8 Å². The van der Waals surface area contributed by atoms with Crippen LogP contribution < -0.4 is 5.32 Å². The Morgan fingerprint density at radius 1 is 0.774 bits per heavy atom. The molecule has 0 bridgehead atoms. The van der Waals surface area contributed by atoms with E-state index in [1.807, 2.05) is 60.5 Å². The lowest BCUT2D eigenvalue weighted by Gasteiger charge is -2.44. The fourth-order valence-electron chi connectivity index (χ4n) is 7.57. The number of nitrogens with one attached hydrogen (secondary N) is 1. The van der Waals surface area contributed by atoms with Crippen LogP contribution in [0.3, 0.4) is 0 Å². The fraction of sp³-hybridized carbons (Fsp3) is 0.489. The molecule has 0 radical (unpaired) electrons. The number of likely N-dealkylation sites (N-methyl/N-ethyl adjacent to an activating group) is 1. The molecule has 2 aliphatic rings. The van der Waals surface area contributed by atoms with Gasteiger partial charge in [-0.15, -0.1) is 0 Å². The number of rotatable bonds is 17. The summed E-state index contributed by atoms with van der Waals surface area (Å²) in [6.07, 6.45) is -8.10. The Balaban J connectivity index is 1.28. The number of carbonyl (C=O) groups is 4. The second-order valence-electron chi connectivity index (χ2n) is 15.6. The number of ether oxygens (including phenoxy) is 7. The highest BCUT2D eigenvalue weighted by Crippen LogP contribution is 2.42. The van der Waals surface area contributed by atoms with Gasteiger partial charge in [-0.1, -0.05) is 79.8 Å². The quantitative estimate of drug-likeness (QED) is 0.0848. The van der Waals surface area contributed by atoms with E-state index in [1.165, 1.54) is 13.8 Å². The molecule has 10 atom stereocenters. The van der Waals surface area contributed by atoms with Crippen molar-refractivity contribution >= 4 is 41.1 Å². The molecule has 3 aromatic rings. The minimum absolute atomic E-state index is 0.00418. The van der Waals surface area contributed by atoms with Gasteiger partial charge < -0.3 is 58.7 Å². The number of aromatic hydroxyl groups is 1. The molecule has 2 saturated heterocycles. The first-order valence-electron chi connectivity index (χ1n) is 20.3. The number of aliphatic hydroxyl groups is 2. The van der Waals surface area contributed by atoms with Crippen LogP contribution in [0, 0.1) is 5.92 Å². The van der Waals surface area contributed by atoms with Crippen molar-refractivity contribution in [2.75, 3.05) is 26.7 Å². The maximum Gasteiger partial charge on any atom is 0.303 e. The van der Waals surface area contributed by atoms with Crippen molar-refractivity contribution < 1.29 is 67.7 Å². The number of phenolic OH excluding ortho intramolecular Hbond substituents is 1. The summed E-state index contributed by atoms with van der Waals surface area (Å²) in [5, 5.41) is 33.7. The van der Waals surface area contributed by atoms with Crippen LogP contribution in [0.2, 0.25) is 0 Å². The van der Waals surface area contributed by atoms with Crippen molar-refractivity contribution in [3.8, 4) is 5.75 Å². The zero-order valence-electron chi connectivity index (χ0n) is 35.6. The molecule has 0 spiro atoms. The molecule has 2 aliphatic heterocycles. The smallest absolute Gasteiger partial charge is 0.303 e. The molecule has 3 aromatic carbocycles. The Labute approximate surface area is 366 Å². The summed E-state index contributed by atoms with van der Waals surface area (Å²) < 4.78 is 41.2.